The van der Waals surface area contributed by atoms with E-state index in [4.69, 9.17) is 5.73 Å². The highest BCUT2D eigenvalue weighted by Gasteiger charge is 2.13. The molecule has 0 saturated heterocycles. The van der Waals surface area contributed by atoms with E-state index in [1.807, 2.05) is 30.3 Å². The predicted molar refractivity (Wildman–Crippen MR) is 62.9 cm³/mol. The normalized spacial score (nSPS) is 14.2. The lowest BCUT2D eigenvalue weighted by atomic mass is 10.00. The number of aliphatic hydroxyl groups excluding tert-OH is 1. The molecule has 1 rings (SSSR count). The molecule has 4 N–H and O–H groups in total. The Morgan fingerprint density at radius 1 is 1.44 bits per heavy atom. The average Bonchev–Trinajstić information content (AvgIpc) is 2.30. The minimum Gasteiger partial charge on any atom is -0.396 e. The summed E-state index contributed by atoms with van der Waals surface area (Å²) < 4.78 is 0. The highest BCUT2D eigenvalue weighted by molar-refractivity contribution is 5.80. The van der Waals surface area contributed by atoms with Crippen molar-refractivity contribution in [1.29, 1.82) is 0 Å². The fourth-order valence-corrected chi connectivity index (χ4v) is 1.40. The Labute approximate surface area is 95.5 Å². The minimum absolute atomic E-state index is 0.00322. The molecule has 4 nitrogen and oxygen atoms in total. The second-order valence-corrected chi connectivity index (χ2v) is 3.82. The molecular weight excluding hydrogens is 204 g/mol. The van der Waals surface area contributed by atoms with Crippen LogP contribution in [-0.4, -0.2) is 30.2 Å². The molecule has 0 heterocycles. The number of rotatable bonds is 5. The third kappa shape index (κ3) is 3.64. The van der Waals surface area contributed by atoms with Crippen molar-refractivity contribution >= 4 is 5.91 Å². The van der Waals surface area contributed by atoms with Gasteiger partial charge in [0.05, 0.1) is 12.6 Å². The van der Waals surface area contributed by atoms with Crippen molar-refractivity contribution in [2.24, 2.45) is 5.73 Å². The zero-order valence-corrected chi connectivity index (χ0v) is 9.39. The van der Waals surface area contributed by atoms with Gasteiger partial charge in [-0.25, -0.2) is 0 Å². The third-order valence-corrected chi connectivity index (χ3v) is 2.43. The lowest BCUT2D eigenvalue weighted by Gasteiger charge is -2.16. The molecule has 0 aliphatic heterocycles. The standard InChI is InChI=1S/C12H18N2O2/c1-9(13)12(16)14-7-11(8-15)10-5-3-2-4-6-10/h2-6,9,11,15H,7-8,13H2,1H3,(H,14,16). The van der Waals surface area contributed by atoms with Gasteiger partial charge in [-0.05, 0) is 12.5 Å². The molecule has 16 heavy (non-hydrogen) atoms. The van der Waals surface area contributed by atoms with Crippen molar-refractivity contribution in [3.63, 3.8) is 0 Å². The lowest BCUT2D eigenvalue weighted by Crippen LogP contribution is -2.40. The van der Waals surface area contributed by atoms with Crippen LogP contribution in [-0.2, 0) is 4.79 Å². The van der Waals surface area contributed by atoms with E-state index in [0.29, 0.717) is 6.54 Å². The first kappa shape index (κ1) is 12.7. The quantitative estimate of drug-likeness (QED) is 0.667. The molecular formula is C12H18N2O2. The zero-order chi connectivity index (χ0) is 12.0. The summed E-state index contributed by atoms with van der Waals surface area (Å²) in [6.07, 6.45) is 0. The summed E-state index contributed by atoms with van der Waals surface area (Å²) in [6, 6.07) is 9.07. The topological polar surface area (TPSA) is 75.4 Å². The van der Waals surface area contributed by atoms with Crippen LogP contribution in [0.2, 0.25) is 0 Å². The second kappa shape index (κ2) is 6.25. The molecule has 0 saturated carbocycles. The van der Waals surface area contributed by atoms with E-state index in [1.165, 1.54) is 0 Å². The predicted octanol–water partition coefficient (Wildman–Crippen LogP) is 0.226. The van der Waals surface area contributed by atoms with Crippen LogP contribution in [0.5, 0.6) is 0 Å². The molecule has 2 atom stereocenters. The Hall–Kier alpha value is -1.39. The summed E-state index contributed by atoms with van der Waals surface area (Å²) in [4.78, 5) is 11.3. The number of hydrogen-bond donors (Lipinski definition) is 3. The average molecular weight is 222 g/mol. The maximum absolute atomic E-state index is 11.3. The number of carbonyl (C=O) groups is 1. The van der Waals surface area contributed by atoms with Gasteiger partial charge < -0.3 is 16.2 Å². The van der Waals surface area contributed by atoms with Crippen LogP contribution >= 0.6 is 0 Å². The van der Waals surface area contributed by atoms with E-state index in [9.17, 15) is 9.90 Å². The van der Waals surface area contributed by atoms with Gasteiger partial charge >= 0.3 is 0 Å². The summed E-state index contributed by atoms with van der Waals surface area (Å²) in [5.74, 6) is -0.279. The minimum atomic E-state index is -0.518. The first-order valence-electron chi connectivity index (χ1n) is 5.34. The third-order valence-electron chi connectivity index (χ3n) is 2.43. The molecule has 1 aromatic carbocycles. The lowest BCUT2D eigenvalue weighted by molar-refractivity contribution is -0.122. The largest absolute Gasteiger partial charge is 0.396 e. The van der Waals surface area contributed by atoms with Crippen molar-refractivity contribution in [2.45, 2.75) is 18.9 Å². The van der Waals surface area contributed by atoms with Gasteiger partial charge in [-0.2, -0.15) is 0 Å². The molecule has 0 fully saturated rings. The summed E-state index contributed by atoms with van der Waals surface area (Å²) >= 11 is 0. The van der Waals surface area contributed by atoms with Crippen LogP contribution in [0, 0.1) is 0 Å². The molecule has 4 heteroatoms. The van der Waals surface area contributed by atoms with E-state index in [-0.39, 0.29) is 18.4 Å². The summed E-state index contributed by atoms with van der Waals surface area (Å²) in [5.41, 5.74) is 6.44. The van der Waals surface area contributed by atoms with E-state index < -0.39 is 6.04 Å². The van der Waals surface area contributed by atoms with Crippen molar-refractivity contribution in [1.82, 2.24) is 5.32 Å². The van der Waals surface area contributed by atoms with Crippen LogP contribution in [0.4, 0.5) is 0 Å². The molecule has 0 aromatic heterocycles. The first-order chi connectivity index (χ1) is 7.65. The maximum atomic E-state index is 11.3. The number of amides is 1. The maximum Gasteiger partial charge on any atom is 0.236 e. The summed E-state index contributed by atoms with van der Waals surface area (Å²) in [6.45, 7) is 2.04. The van der Waals surface area contributed by atoms with Crippen molar-refractivity contribution in [2.75, 3.05) is 13.2 Å². The molecule has 0 spiro atoms. The SMILES string of the molecule is CC(N)C(=O)NCC(CO)c1ccccc1. The van der Waals surface area contributed by atoms with E-state index >= 15 is 0 Å². The number of nitrogens with two attached hydrogens (primary N) is 1. The van der Waals surface area contributed by atoms with Gasteiger partial charge in [-0.15, -0.1) is 0 Å². The molecule has 1 amide bonds. The van der Waals surface area contributed by atoms with Gasteiger partial charge in [0.15, 0.2) is 0 Å². The van der Waals surface area contributed by atoms with Gasteiger partial charge in [0.1, 0.15) is 0 Å². The summed E-state index contributed by atoms with van der Waals surface area (Å²) in [5, 5.41) is 12.0. The first-order valence-corrected chi connectivity index (χ1v) is 5.34. The Morgan fingerprint density at radius 3 is 2.56 bits per heavy atom. The number of hydrogen-bond acceptors (Lipinski definition) is 3. The summed E-state index contributed by atoms with van der Waals surface area (Å²) in [7, 11) is 0. The smallest absolute Gasteiger partial charge is 0.236 e. The van der Waals surface area contributed by atoms with E-state index in [0.717, 1.165) is 5.56 Å². The van der Waals surface area contributed by atoms with Crippen molar-refractivity contribution in [3.05, 3.63) is 35.9 Å². The fraction of sp³-hybridized carbons (Fsp3) is 0.417. The number of nitrogens with one attached hydrogen (secondary N) is 1. The van der Waals surface area contributed by atoms with E-state index in [2.05, 4.69) is 5.32 Å². The van der Waals surface area contributed by atoms with Crippen LogP contribution < -0.4 is 11.1 Å². The fourth-order valence-electron chi connectivity index (χ4n) is 1.40. The van der Waals surface area contributed by atoms with Gasteiger partial charge in [0, 0.05) is 12.5 Å². The number of aliphatic hydroxyl groups is 1. The molecule has 88 valence electrons. The molecule has 0 radical (unpaired) electrons. The highest BCUT2D eigenvalue weighted by Crippen LogP contribution is 2.13. The Kier molecular flexibility index (Phi) is 4.95. The Bertz CT molecular complexity index is 325. The molecule has 2 unspecified atom stereocenters. The molecule has 0 aliphatic carbocycles. The molecule has 0 aliphatic rings. The number of carbonyl (C=O) groups excluding carboxylic acids is 1. The second-order valence-electron chi connectivity index (χ2n) is 3.82. The van der Waals surface area contributed by atoms with Crippen LogP contribution in [0.3, 0.4) is 0 Å². The van der Waals surface area contributed by atoms with E-state index in [1.54, 1.807) is 6.92 Å². The van der Waals surface area contributed by atoms with Crippen LogP contribution in [0.25, 0.3) is 0 Å². The van der Waals surface area contributed by atoms with Crippen LogP contribution in [0.15, 0.2) is 30.3 Å². The van der Waals surface area contributed by atoms with Crippen LogP contribution in [0.1, 0.15) is 18.4 Å². The molecule has 1 aromatic rings. The monoisotopic (exact) mass is 222 g/mol. The van der Waals surface area contributed by atoms with Gasteiger partial charge in [0.25, 0.3) is 0 Å². The number of benzene rings is 1. The highest BCUT2D eigenvalue weighted by atomic mass is 16.3. The van der Waals surface area contributed by atoms with Gasteiger partial charge in [-0.1, -0.05) is 30.3 Å². The Morgan fingerprint density at radius 2 is 2.06 bits per heavy atom. The van der Waals surface area contributed by atoms with Crippen molar-refractivity contribution < 1.29 is 9.90 Å². The van der Waals surface area contributed by atoms with Gasteiger partial charge in [0.2, 0.25) is 5.91 Å². The zero-order valence-electron chi connectivity index (χ0n) is 9.39. The molecule has 0 bridgehead atoms. The van der Waals surface area contributed by atoms with Gasteiger partial charge in [-0.3, -0.25) is 4.79 Å². The Balaban J connectivity index is 2.54. The van der Waals surface area contributed by atoms with Crippen molar-refractivity contribution in [3.8, 4) is 0 Å².